The molecule has 168 valence electrons. The van der Waals surface area contributed by atoms with Crippen molar-refractivity contribution in [2.45, 2.75) is 33.7 Å². The van der Waals surface area contributed by atoms with Crippen LogP contribution in [0.1, 0.15) is 16.7 Å². The van der Waals surface area contributed by atoms with Gasteiger partial charge >= 0.3 is 195 Å². The zero-order valence-electron chi connectivity index (χ0n) is 18.6. The summed E-state index contributed by atoms with van der Waals surface area (Å²) in [6.07, 6.45) is 0.872. The van der Waals surface area contributed by atoms with E-state index in [4.69, 9.17) is 9.47 Å². The van der Waals surface area contributed by atoms with Gasteiger partial charge in [0.25, 0.3) is 0 Å². The Hall–Kier alpha value is -2.27. The van der Waals surface area contributed by atoms with Gasteiger partial charge in [-0.2, -0.15) is 0 Å². The quantitative estimate of drug-likeness (QED) is 0.492. The minimum atomic E-state index is -3.68. The first-order valence-corrected chi connectivity index (χ1v) is 16.1. The van der Waals surface area contributed by atoms with Crippen molar-refractivity contribution in [1.29, 1.82) is 0 Å². The molecule has 4 rings (SSSR count). The SMILES string of the molecule is COc1cccc(C[As](C)c2ccc(S(=O)(=O)c3cc4c(cc3OC)CCNC4)cc2)c1. The third kappa shape index (κ3) is 4.73. The van der Waals surface area contributed by atoms with Crippen LogP contribution >= 0.6 is 0 Å². The van der Waals surface area contributed by atoms with Crippen LogP contribution in [0.5, 0.6) is 11.5 Å². The van der Waals surface area contributed by atoms with Gasteiger partial charge in [-0.05, 0) is 0 Å². The Labute approximate surface area is 194 Å². The molecule has 1 atom stereocenters. The van der Waals surface area contributed by atoms with Gasteiger partial charge in [0.2, 0.25) is 0 Å². The molecular weight excluding hydrogens is 485 g/mol. The Morgan fingerprint density at radius 3 is 2.47 bits per heavy atom. The third-order valence-electron chi connectivity index (χ3n) is 5.80. The average molecular weight is 513 g/mol. The van der Waals surface area contributed by atoms with Gasteiger partial charge in [-0.15, -0.1) is 0 Å². The molecule has 32 heavy (non-hydrogen) atoms. The maximum absolute atomic E-state index is 13.4. The number of hydrogen-bond acceptors (Lipinski definition) is 5. The summed E-state index contributed by atoms with van der Waals surface area (Å²) in [4.78, 5) is 0.532. The van der Waals surface area contributed by atoms with E-state index in [0.717, 1.165) is 35.1 Å². The number of rotatable bonds is 7. The van der Waals surface area contributed by atoms with Crippen LogP contribution in [-0.4, -0.2) is 43.8 Å². The molecule has 0 saturated carbocycles. The van der Waals surface area contributed by atoms with Crippen molar-refractivity contribution in [2.24, 2.45) is 0 Å². The number of methoxy groups -OCH3 is 2. The molecule has 7 heteroatoms. The molecule has 0 aliphatic carbocycles. The Kier molecular flexibility index (Phi) is 6.94. The van der Waals surface area contributed by atoms with Crippen LogP contribution in [-0.2, 0) is 28.0 Å². The van der Waals surface area contributed by atoms with Gasteiger partial charge in [-0.3, -0.25) is 0 Å². The molecule has 1 heterocycles. The summed E-state index contributed by atoms with van der Waals surface area (Å²) in [6.45, 7) is 1.57. The topological polar surface area (TPSA) is 64.6 Å². The standard InChI is InChI=1S/C25H28AsNO4S/c1-26(16-18-5-4-6-22(13-18)30-2)21-7-9-23(10-8-21)32(28,29)25-15-20-17-27-12-11-19(20)14-24(25)31-3/h4-10,13-15,27H,11-12,16-17H2,1-3H3. The normalized spacial score (nSPS) is 14.5. The molecular formula is C25H28AsNO4S. The average Bonchev–Trinajstić information content (AvgIpc) is 2.83. The van der Waals surface area contributed by atoms with Crippen molar-refractivity contribution in [2.75, 3.05) is 20.8 Å². The van der Waals surface area contributed by atoms with Crippen LogP contribution in [0.3, 0.4) is 0 Å². The van der Waals surface area contributed by atoms with E-state index >= 15 is 0 Å². The number of fused-ring (bicyclic) bond motifs is 1. The van der Waals surface area contributed by atoms with Crippen LogP contribution in [0, 0.1) is 0 Å². The van der Waals surface area contributed by atoms with E-state index in [-0.39, 0.29) is 4.90 Å². The van der Waals surface area contributed by atoms with E-state index in [1.54, 1.807) is 25.3 Å². The number of benzene rings is 3. The minimum absolute atomic E-state index is 0.234. The molecule has 0 aromatic heterocycles. The Morgan fingerprint density at radius 1 is 0.969 bits per heavy atom. The molecule has 3 aromatic carbocycles. The summed E-state index contributed by atoms with van der Waals surface area (Å²) in [6, 6.07) is 19.2. The Bertz CT molecular complexity index is 1210. The second-order valence-corrected chi connectivity index (χ2v) is 14.5. The zero-order valence-corrected chi connectivity index (χ0v) is 21.3. The number of nitrogens with one attached hydrogen (secondary N) is 1. The predicted octanol–water partition coefficient (Wildman–Crippen LogP) is 3.30. The molecule has 5 nitrogen and oxygen atoms in total. The molecule has 1 aliphatic rings. The van der Waals surface area contributed by atoms with Gasteiger partial charge in [0.1, 0.15) is 0 Å². The second kappa shape index (κ2) is 9.70. The zero-order chi connectivity index (χ0) is 22.7. The Morgan fingerprint density at radius 2 is 1.75 bits per heavy atom. The van der Waals surface area contributed by atoms with E-state index in [9.17, 15) is 8.42 Å². The van der Waals surface area contributed by atoms with Crippen LogP contribution in [0.2, 0.25) is 5.71 Å². The van der Waals surface area contributed by atoms with Crippen LogP contribution in [0.25, 0.3) is 0 Å². The van der Waals surface area contributed by atoms with E-state index in [2.05, 4.69) is 23.2 Å². The van der Waals surface area contributed by atoms with Gasteiger partial charge < -0.3 is 0 Å². The number of hydrogen-bond donors (Lipinski definition) is 1. The molecule has 0 amide bonds. The third-order valence-corrected chi connectivity index (χ3v) is 11.8. The number of ether oxygens (including phenoxy) is 2. The molecule has 0 spiro atoms. The summed E-state index contributed by atoms with van der Waals surface area (Å²) in [5.74, 6) is 1.27. The van der Waals surface area contributed by atoms with Gasteiger partial charge in [0.05, 0.1) is 0 Å². The molecule has 0 saturated heterocycles. The van der Waals surface area contributed by atoms with E-state index in [1.165, 1.54) is 17.0 Å². The first kappa shape index (κ1) is 22.9. The number of sulfone groups is 1. The molecule has 0 fully saturated rings. The summed E-state index contributed by atoms with van der Waals surface area (Å²) < 4.78 is 38.9. The molecule has 0 bridgehead atoms. The first-order valence-electron chi connectivity index (χ1n) is 10.5. The van der Waals surface area contributed by atoms with Gasteiger partial charge in [-0.1, -0.05) is 0 Å². The molecule has 1 N–H and O–H groups in total. The summed E-state index contributed by atoms with van der Waals surface area (Å²) >= 11 is -1.36. The maximum atomic E-state index is 13.4. The van der Waals surface area contributed by atoms with Crippen molar-refractivity contribution in [3.05, 3.63) is 77.4 Å². The van der Waals surface area contributed by atoms with Crippen LogP contribution in [0.15, 0.2) is 70.5 Å². The van der Waals surface area contributed by atoms with E-state index in [1.807, 2.05) is 30.3 Å². The fourth-order valence-electron chi connectivity index (χ4n) is 4.00. The van der Waals surface area contributed by atoms with Gasteiger partial charge in [0.15, 0.2) is 0 Å². The summed E-state index contributed by atoms with van der Waals surface area (Å²) in [5.41, 5.74) is 5.70. The second-order valence-electron chi connectivity index (χ2n) is 7.90. The van der Waals surface area contributed by atoms with Crippen molar-refractivity contribution in [3.63, 3.8) is 0 Å². The van der Waals surface area contributed by atoms with Crippen molar-refractivity contribution >= 4 is 28.8 Å². The van der Waals surface area contributed by atoms with Crippen LogP contribution < -0.4 is 19.1 Å². The molecule has 3 aromatic rings. The summed E-state index contributed by atoms with van der Waals surface area (Å²) in [5, 5.41) is 4.29. The monoisotopic (exact) mass is 513 g/mol. The van der Waals surface area contributed by atoms with Gasteiger partial charge in [-0.25, -0.2) is 0 Å². The summed E-state index contributed by atoms with van der Waals surface area (Å²) in [7, 11) is -0.479. The van der Waals surface area contributed by atoms with Crippen LogP contribution in [0.4, 0.5) is 0 Å². The van der Waals surface area contributed by atoms with E-state index < -0.39 is 24.5 Å². The fraction of sp³-hybridized carbons (Fsp3) is 0.280. The van der Waals surface area contributed by atoms with Gasteiger partial charge in [0, 0.05) is 0 Å². The molecule has 1 aliphatic heterocycles. The van der Waals surface area contributed by atoms with Crippen molar-refractivity contribution in [1.82, 2.24) is 5.32 Å². The first-order chi connectivity index (χ1) is 15.4. The van der Waals surface area contributed by atoms with E-state index in [0.29, 0.717) is 17.2 Å². The molecule has 0 radical (unpaired) electrons. The van der Waals surface area contributed by atoms with Crippen molar-refractivity contribution in [3.8, 4) is 11.5 Å². The molecule has 1 unspecified atom stereocenters. The fourth-order valence-corrected chi connectivity index (χ4v) is 8.78. The predicted molar refractivity (Wildman–Crippen MR) is 128 cm³/mol. The van der Waals surface area contributed by atoms with Crippen molar-refractivity contribution < 1.29 is 17.9 Å². The Balaban J connectivity index is 1.59.